The van der Waals surface area contributed by atoms with E-state index in [2.05, 4.69) is 10.4 Å². The Bertz CT molecular complexity index is 547. The number of aliphatic carboxylic acids is 1. The molecule has 0 aliphatic heterocycles. The number of aryl methyl sites for hydroxylation is 1. The first-order valence-corrected chi connectivity index (χ1v) is 7.00. The second-order valence-corrected chi connectivity index (χ2v) is 5.65. The fourth-order valence-corrected chi connectivity index (χ4v) is 2.80. The molecule has 1 aromatic heterocycles. The molecule has 0 unspecified atom stereocenters. The molecule has 20 heavy (non-hydrogen) atoms. The number of amides is 1. The van der Waals surface area contributed by atoms with E-state index in [1.807, 2.05) is 0 Å². The summed E-state index contributed by atoms with van der Waals surface area (Å²) in [4.78, 5) is 23.8. The summed E-state index contributed by atoms with van der Waals surface area (Å²) in [7, 11) is 1.69. The number of hydrogen-bond acceptors (Lipinski definition) is 3. The predicted octanol–water partition coefficient (Wildman–Crippen LogP) is 1.90. The Morgan fingerprint density at radius 2 is 1.95 bits per heavy atom. The molecule has 0 saturated heterocycles. The molecular weight excluding hydrogens is 282 g/mol. The lowest BCUT2D eigenvalue weighted by atomic mass is 9.81. The van der Waals surface area contributed by atoms with Crippen molar-refractivity contribution in [3.63, 3.8) is 0 Å². The number of carbonyl (C=O) groups excluding carboxylic acids is 1. The van der Waals surface area contributed by atoms with Gasteiger partial charge < -0.3 is 10.4 Å². The molecule has 7 heteroatoms. The zero-order chi connectivity index (χ0) is 14.9. The van der Waals surface area contributed by atoms with E-state index in [4.69, 9.17) is 11.6 Å². The number of carboxylic acid groups (broad SMARTS) is 1. The molecule has 0 atom stereocenters. The van der Waals surface area contributed by atoms with Crippen molar-refractivity contribution in [3.05, 3.63) is 16.4 Å². The second-order valence-electron chi connectivity index (χ2n) is 5.27. The molecule has 0 aromatic carbocycles. The van der Waals surface area contributed by atoms with E-state index in [1.54, 1.807) is 14.0 Å². The van der Waals surface area contributed by atoms with Gasteiger partial charge in [0.2, 0.25) is 0 Å². The van der Waals surface area contributed by atoms with Crippen molar-refractivity contribution < 1.29 is 14.7 Å². The van der Waals surface area contributed by atoms with Crippen LogP contribution in [0.2, 0.25) is 5.02 Å². The van der Waals surface area contributed by atoms with E-state index in [1.165, 1.54) is 4.68 Å². The second kappa shape index (κ2) is 5.44. The molecule has 0 bridgehead atoms. The zero-order valence-electron chi connectivity index (χ0n) is 11.6. The zero-order valence-corrected chi connectivity index (χ0v) is 12.3. The molecule has 2 rings (SSSR count). The largest absolute Gasteiger partial charge is 0.480 e. The number of carbonyl (C=O) groups is 2. The summed E-state index contributed by atoms with van der Waals surface area (Å²) in [6.45, 7) is 1.75. The van der Waals surface area contributed by atoms with Crippen molar-refractivity contribution >= 4 is 23.5 Å². The first-order chi connectivity index (χ1) is 9.37. The van der Waals surface area contributed by atoms with Gasteiger partial charge in [-0.2, -0.15) is 5.10 Å². The smallest absolute Gasteiger partial charge is 0.329 e. The van der Waals surface area contributed by atoms with E-state index >= 15 is 0 Å². The normalized spacial score (nSPS) is 17.8. The van der Waals surface area contributed by atoms with Crippen molar-refractivity contribution in [1.82, 2.24) is 15.1 Å². The summed E-state index contributed by atoms with van der Waals surface area (Å²) in [5.74, 6) is -1.52. The van der Waals surface area contributed by atoms with E-state index < -0.39 is 17.4 Å². The maximum absolute atomic E-state index is 12.3. The summed E-state index contributed by atoms with van der Waals surface area (Å²) in [5, 5.41) is 16.4. The highest BCUT2D eigenvalue weighted by atomic mass is 35.5. The molecule has 6 nitrogen and oxygen atoms in total. The minimum absolute atomic E-state index is 0.0814. The van der Waals surface area contributed by atoms with Crippen molar-refractivity contribution in [2.24, 2.45) is 7.05 Å². The third-order valence-corrected chi connectivity index (χ3v) is 4.40. The molecule has 110 valence electrons. The van der Waals surface area contributed by atoms with Crippen LogP contribution in [0.5, 0.6) is 0 Å². The summed E-state index contributed by atoms with van der Waals surface area (Å²) < 4.78 is 1.51. The van der Waals surface area contributed by atoms with Gasteiger partial charge in [-0.3, -0.25) is 9.48 Å². The maximum atomic E-state index is 12.3. The third-order valence-electron chi connectivity index (χ3n) is 3.95. The summed E-state index contributed by atoms with van der Waals surface area (Å²) in [5.41, 5.74) is -0.438. The highest BCUT2D eigenvalue weighted by Gasteiger charge is 2.41. The van der Waals surface area contributed by atoms with E-state index in [0.29, 0.717) is 18.5 Å². The standard InChI is InChI=1S/C13H18ClN3O3/c1-8-9(14)10(16-17(8)2)11(18)15-13(12(19)20)6-4-3-5-7-13/h3-7H2,1-2H3,(H,15,18)(H,19,20). The molecule has 1 aromatic rings. The first-order valence-electron chi connectivity index (χ1n) is 6.62. The van der Waals surface area contributed by atoms with Crippen LogP contribution in [0.4, 0.5) is 0 Å². The van der Waals surface area contributed by atoms with Gasteiger partial charge in [0.15, 0.2) is 5.69 Å². The van der Waals surface area contributed by atoms with E-state index in [-0.39, 0.29) is 10.7 Å². The Kier molecular flexibility index (Phi) is 4.04. The Morgan fingerprint density at radius 3 is 2.40 bits per heavy atom. The van der Waals surface area contributed by atoms with Crippen LogP contribution in [0.15, 0.2) is 0 Å². The quantitative estimate of drug-likeness (QED) is 0.893. The highest BCUT2D eigenvalue weighted by Crippen LogP contribution is 2.29. The summed E-state index contributed by atoms with van der Waals surface area (Å²) in [6.07, 6.45) is 3.46. The van der Waals surface area contributed by atoms with Crippen LogP contribution in [0.3, 0.4) is 0 Å². The average molecular weight is 300 g/mol. The Morgan fingerprint density at radius 1 is 1.35 bits per heavy atom. The Balaban J connectivity index is 2.24. The first kappa shape index (κ1) is 14.8. The highest BCUT2D eigenvalue weighted by molar-refractivity contribution is 6.34. The number of halogens is 1. The van der Waals surface area contributed by atoms with Crippen molar-refractivity contribution in [2.75, 3.05) is 0 Å². The minimum Gasteiger partial charge on any atom is -0.480 e. The van der Waals surface area contributed by atoms with Gasteiger partial charge in [0.1, 0.15) is 5.54 Å². The molecule has 1 amide bonds. The SMILES string of the molecule is Cc1c(Cl)c(C(=O)NC2(C(=O)O)CCCCC2)nn1C. The summed E-state index contributed by atoms with van der Waals surface area (Å²) >= 11 is 6.06. The molecule has 0 spiro atoms. The van der Waals surface area contributed by atoms with Crippen LogP contribution in [0.25, 0.3) is 0 Å². The molecule has 1 aliphatic rings. The van der Waals surface area contributed by atoms with Crippen LogP contribution >= 0.6 is 11.6 Å². The number of hydrogen-bond donors (Lipinski definition) is 2. The van der Waals surface area contributed by atoms with Gasteiger partial charge in [-0.05, 0) is 19.8 Å². The Labute approximate surface area is 122 Å². The van der Waals surface area contributed by atoms with Gasteiger partial charge >= 0.3 is 5.97 Å². The minimum atomic E-state index is -1.19. The number of nitrogens with one attached hydrogen (secondary N) is 1. The van der Waals surface area contributed by atoms with Crippen molar-refractivity contribution in [3.8, 4) is 0 Å². The lowest BCUT2D eigenvalue weighted by molar-refractivity contribution is -0.145. The van der Waals surface area contributed by atoms with Crippen LogP contribution < -0.4 is 5.32 Å². The van der Waals surface area contributed by atoms with Crippen LogP contribution in [-0.2, 0) is 11.8 Å². The number of nitrogens with zero attached hydrogens (tertiary/aromatic N) is 2. The van der Waals surface area contributed by atoms with Crippen LogP contribution in [0, 0.1) is 6.92 Å². The Hall–Kier alpha value is -1.56. The van der Waals surface area contributed by atoms with E-state index in [9.17, 15) is 14.7 Å². The lowest BCUT2D eigenvalue weighted by Crippen LogP contribution is -2.55. The van der Waals surface area contributed by atoms with E-state index in [0.717, 1.165) is 19.3 Å². The van der Waals surface area contributed by atoms with Crippen LogP contribution in [-0.4, -0.2) is 32.3 Å². The number of aromatic nitrogens is 2. The lowest BCUT2D eigenvalue weighted by Gasteiger charge is -2.33. The fraction of sp³-hybridized carbons (Fsp3) is 0.615. The number of carboxylic acids is 1. The van der Waals surface area contributed by atoms with Crippen molar-refractivity contribution in [1.29, 1.82) is 0 Å². The van der Waals surface area contributed by atoms with Gasteiger partial charge in [-0.1, -0.05) is 30.9 Å². The summed E-state index contributed by atoms with van der Waals surface area (Å²) in [6, 6.07) is 0. The monoisotopic (exact) mass is 299 g/mol. The average Bonchev–Trinajstić information content (AvgIpc) is 2.67. The molecular formula is C13H18ClN3O3. The molecule has 1 saturated carbocycles. The topological polar surface area (TPSA) is 84.2 Å². The van der Waals surface area contributed by atoms with Gasteiger partial charge in [0.05, 0.1) is 10.7 Å². The maximum Gasteiger partial charge on any atom is 0.329 e. The number of rotatable bonds is 3. The fourth-order valence-electron chi connectivity index (χ4n) is 2.55. The molecule has 2 N–H and O–H groups in total. The van der Waals surface area contributed by atoms with Crippen LogP contribution in [0.1, 0.15) is 48.3 Å². The van der Waals surface area contributed by atoms with Gasteiger partial charge in [0, 0.05) is 7.05 Å². The molecule has 1 heterocycles. The molecule has 1 aliphatic carbocycles. The third kappa shape index (κ3) is 2.52. The van der Waals surface area contributed by atoms with Gasteiger partial charge in [0.25, 0.3) is 5.91 Å². The predicted molar refractivity (Wildman–Crippen MR) is 73.9 cm³/mol. The van der Waals surface area contributed by atoms with Gasteiger partial charge in [-0.25, -0.2) is 4.79 Å². The molecule has 0 radical (unpaired) electrons. The van der Waals surface area contributed by atoms with Crippen molar-refractivity contribution in [2.45, 2.75) is 44.6 Å². The molecule has 1 fully saturated rings. The van der Waals surface area contributed by atoms with Gasteiger partial charge in [-0.15, -0.1) is 0 Å².